The van der Waals surface area contributed by atoms with Gasteiger partial charge in [0.05, 0.1) is 0 Å². The van der Waals surface area contributed by atoms with Crippen molar-refractivity contribution in [3.8, 4) is 0 Å². The van der Waals surface area contributed by atoms with Crippen LogP contribution in [0.25, 0.3) is 0 Å². The van der Waals surface area contributed by atoms with Crippen molar-refractivity contribution in [2.45, 2.75) is 45.1 Å². The number of hydrogen-bond donors (Lipinski definition) is 2. The highest BCUT2D eigenvalue weighted by Gasteiger charge is 2.48. The molecule has 0 aliphatic heterocycles. The number of nitrogens with two attached hydrogens (primary N) is 1. The molecule has 1 unspecified atom stereocenters. The van der Waals surface area contributed by atoms with Crippen LogP contribution in [0.4, 0.5) is 0 Å². The quantitative estimate of drug-likeness (QED) is 0.657. The van der Waals surface area contributed by atoms with Crippen molar-refractivity contribution in [1.82, 2.24) is 4.90 Å². The zero-order valence-corrected chi connectivity index (χ0v) is 10.4. The number of unbranched alkanes of at least 4 members (excludes halogenated alkanes) is 1. The van der Waals surface area contributed by atoms with Gasteiger partial charge in [0.15, 0.2) is 0 Å². The van der Waals surface area contributed by atoms with E-state index in [1.165, 1.54) is 0 Å². The summed E-state index contributed by atoms with van der Waals surface area (Å²) >= 11 is 0. The minimum absolute atomic E-state index is 0.181. The predicted molar refractivity (Wildman–Crippen MR) is 64.3 cm³/mol. The van der Waals surface area contributed by atoms with Crippen LogP contribution >= 0.6 is 0 Å². The minimum atomic E-state index is -1.02. The molecule has 1 atom stereocenters. The topological polar surface area (TPSA) is 66.6 Å². The summed E-state index contributed by atoms with van der Waals surface area (Å²) in [6.45, 7) is 6.51. The third-order valence-electron chi connectivity index (χ3n) is 3.46. The summed E-state index contributed by atoms with van der Waals surface area (Å²) in [5.41, 5.74) is 5.03. The third-order valence-corrected chi connectivity index (χ3v) is 3.46. The number of nitrogens with zero attached hydrogens (tertiary/aromatic N) is 1. The molecular weight excluding hydrogens is 204 g/mol. The molecule has 0 heterocycles. The number of carboxylic acids is 1. The average molecular weight is 228 g/mol. The van der Waals surface area contributed by atoms with Gasteiger partial charge in [0, 0.05) is 6.54 Å². The lowest BCUT2D eigenvalue weighted by Gasteiger charge is -2.31. The summed E-state index contributed by atoms with van der Waals surface area (Å²) < 4.78 is 0. The fourth-order valence-electron chi connectivity index (χ4n) is 2.07. The van der Waals surface area contributed by atoms with Gasteiger partial charge in [-0.1, -0.05) is 20.3 Å². The van der Waals surface area contributed by atoms with Crippen molar-refractivity contribution < 1.29 is 9.90 Å². The minimum Gasteiger partial charge on any atom is -0.480 e. The molecule has 1 saturated carbocycles. The Labute approximate surface area is 97.8 Å². The Hall–Kier alpha value is -0.610. The highest BCUT2D eigenvalue weighted by molar-refractivity contribution is 5.79. The van der Waals surface area contributed by atoms with E-state index in [-0.39, 0.29) is 5.92 Å². The molecule has 4 heteroatoms. The molecule has 16 heavy (non-hydrogen) atoms. The summed E-state index contributed by atoms with van der Waals surface area (Å²) in [4.78, 5) is 13.4. The molecule has 0 aromatic carbocycles. The monoisotopic (exact) mass is 228 g/mol. The van der Waals surface area contributed by atoms with E-state index in [4.69, 9.17) is 5.73 Å². The number of aliphatic carboxylic acids is 1. The molecule has 0 amide bonds. The Balaban J connectivity index is 2.55. The Morgan fingerprint density at radius 3 is 2.50 bits per heavy atom. The van der Waals surface area contributed by atoms with E-state index in [9.17, 15) is 9.90 Å². The van der Waals surface area contributed by atoms with E-state index >= 15 is 0 Å². The zero-order valence-electron chi connectivity index (χ0n) is 10.4. The molecule has 0 aromatic heterocycles. The van der Waals surface area contributed by atoms with Crippen LogP contribution in [0.2, 0.25) is 0 Å². The highest BCUT2D eigenvalue weighted by atomic mass is 16.4. The number of carbonyl (C=O) groups is 1. The summed E-state index contributed by atoms with van der Waals surface area (Å²) in [5.74, 6) is -0.661. The molecule has 1 aliphatic rings. The SMILES string of the molecule is CCCCN(CC)CC(N)(C(=O)O)C1CC1. The summed E-state index contributed by atoms with van der Waals surface area (Å²) in [5, 5.41) is 9.26. The van der Waals surface area contributed by atoms with Crippen LogP contribution in [0.1, 0.15) is 39.5 Å². The summed E-state index contributed by atoms with van der Waals surface area (Å²) in [6, 6.07) is 0. The van der Waals surface area contributed by atoms with Gasteiger partial charge in [-0.3, -0.25) is 4.79 Å². The predicted octanol–water partition coefficient (Wildman–Crippen LogP) is 1.30. The van der Waals surface area contributed by atoms with Gasteiger partial charge in [-0.05, 0) is 38.3 Å². The third kappa shape index (κ3) is 3.19. The lowest BCUT2D eigenvalue weighted by atomic mass is 9.94. The van der Waals surface area contributed by atoms with Crippen LogP contribution < -0.4 is 5.73 Å². The Bertz CT molecular complexity index is 241. The molecule has 0 spiro atoms. The van der Waals surface area contributed by atoms with Gasteiger partial charge in [-0.25, -0.2) is 0 Å². The van der Waals surface area contributed by atoms with Crippen LogP contribution in [-0.2, 0) is 4.79 Å². The van der Waals surface area contributed by atoms with Gasteiger partial charge in [0.25, 0.3) is 0 Å². The van der Waals surface area contributed by atoms with Gasteiger partial charge in [-0.15, -0.1) is 0 Å². The lowest BCUT2D eigenvalue weighted by Crippen LogP contribution is -2.58. The molecule has 1 aliphatic carbocycles. The number of rotatable bonds is 8. The van der Waals surface area contributed by atoms with Crippen LogP contribution in [0.5, 0.6) is 0 Å². The zero-order chi connectivity index (χ0) is 12.2. The first kappa shape index (κ1) is 13.5. The molecule has 0 bridgehead atoms. The number of hydrogen-bond acceptors (Lipinski definition) is 3. The maximum Gasteiger partial charge on any atom is 0.325 e. The molecular formula is C12H24N2O2. The standard InChI is InChI=1S/C12H24N2O2/c1-3-5-8-14(4-2)9-12(13,11(15)16)10-6-7-10/h10H,3-9,13H2,1-2H3,(H,15,16). The molecule has 0 saturated heterocycles. The second-order valence-electron chi connectivity index (χ2n) is 4.84. The average Bonchev–Trinajstić information content (AvgIpc) is 3.07. The van der Waals surface area contributed by atoms with Crippen LogP contribution in [-0.4, -0.2) is 41.1 Å². The summed E-state index contributed by atoms with van der Waals surface area (Å²) in [7, 11) is 0. The second-order valence-corrected chi connectivity index (χ2v) is 4.84. The van der Waals surface area contributed by atoms with Crippen molar-refractivity contribution in [3.05, 3.63) is 0 Å². The van der Waals surface area contributed by atoms with Crippen LogP contribution in [0.3, 0.4) is 0 Å². The van der Waals surface area contributed by atoms with Gasteiger partial charge < -0.3 is 15.7 Å². The van der Waals surface area contributed by atoms with Crippen molar-refractivity contribution in [2.24, 2.45) is 11.7 Å². The Morgan fingerprint density at radius 2 is 2.12 bits per heavy atom. The first-order valence-electron chi connectivity index (χ1n) is 6.29. The Morgan fingerprint density at radius 1 is 1.50 bits per heavy atom. The molecule has 1 rings (SSSR count). The van der Waals surface area contributed by atoms with Crippen LogP contribution in [0.15, 0.2) is 0 Å². The van der Waals surface area contributed by atoms with Gasteiger partial charge in [-0.2, -0.15) is 0 Å². The molecule has 94 valence electrons. The number of carboxylic acid groups (broad SMARTS) is 1. The fourth-order valence-corrected chi connectivity index (χ4v) is 2.07. The lowest BCUT2D eigenvalue weighted by molar-refractivity contribution is -0.145. The van der Waals surface area contributed by atoms with Gasteiger partial charge >= 0.3 is 5.97 Å². The highest BCUT2D eigenvalue weighted by Crippen LogP contribution is 2.38. The normalized spacial score (nSPS) is 19.8. The second kappa shape index (κ2) is 5.64. The summed E-state index contributed by atoms with van der Waals surface area (Å²) in [6.07, 6.45) is 4.17. The van der Waals surface area contributed by atoms with E-state index in [0.29, 0.717) is 6.54 Å². The maximum absolute atomic E-state index is 11.3. The van der Waals surface area contributed by atoms with Crippen molar-refractivity contribution in [2.75, 3.05) is 19.6 Å². The van der Waals surface area contributed by atoms with E-state index < -0.39 is 11.5 Å². The first-order valence-corrected chi connectivity index (χ1v) is 6.29. The molecule has 4 nitrogen and oxygen atoms in total. The van der Waals surface area contributed by atoms with Gasteiger partial charge in [0.2, 0.25) is 0 Å². The van der Waals surface area contributed by atoms with Crippen molar-refractivity contribution in [3.63, 3.8) is 0 Å². The molecule has 1 fully saturated rings. The Kier molecular flexibility index (Phi) is 4.74. The molecule has 3 N–H and O–H groups in total. The molecule has 0 radical (unpaired) electrons. The maximum atomic E-state index is 11.3. The van der Waals surface area contributed by atoms with E-state index in [2.05, 4.69) is 18.7 Å². The van der Waals surface area contributed by atoms with Crippen LogP contribution in [0, 0.1) is 5.92 Å². The van der Waals surface area contributed by atoms with Crippen molar-refractivity contribution >= 4 is 5.97 Å². The number of likely N-dealkylation sites (N-methyl/N-ethyl adjacent to an activating group) is 1. The smallest absolute Gasteiger partial charge is 0.325 e. The molecule has 0 aromatic rings. The van der Waals surface area contributed by atoms with E-state index in [1.807, 2.05) is 0 Å². The largest absolute Gasteiger partial charge is 0.480 e. The van der Waals surface area contributed by atoms with Gasteiger partial charge in [0.1, 0.15) is 5.54 Å². The first-order chi connectivity index (χ1) is 7.54. The fraction of sp³-hybridized carbons (Fsp3) is 0.917. The van der Waals surface area contributed by atoms with Crippen molar-refractivity contribution in [1.29, 1.82) is 0 Å². The van der Waals surface area contributed by atoms with E-state index in [1.54, 1.807) is 0 Å². The van der Waals surface area contributed by atoms with E-state index in [0.717, 1.165) is 38.8 Å².